The van der Waals surface area contributed by atoms with E-state index in [2.05, 4.69) is 245 Å². The van der Waals surface area contributed by atoms with E-state index in [0.29, 0.717) is 113 Å². The summed E-state index contributed by atoms with van der Waals surface area (Å²) in [5, 5.41) is 0. The van der Waals surface area contributed by atoms with Crippen LogP contribution in [0.1, 0.15) is 344 Å². The third kappa shape index (κ3) is 52.4. The lowest BCUT2D eigenvalue weighted by molar-refractivity contribution is -0.153. The van der Waals surface area contributed by atoms with Crippen LogP contribution in [0.3, 0.4) is 0 Å². The lowest BCUT2D eigenvalue weighted by atomic mass is 9.91. The highest BCUT2D eigenvalue weighted by molar-refractivity contribution is 5.92. The van der Waals surface area contributed by atoms with Crippen LogP contribution < -0.4 is 28.4 Å². The molecule has 764 valence electrons. The van der Waals surface area contributed by atoms with Crippen LogP contribution in [0.4, 0.5) is 0 Å². The molecule has 0 aliphatic rings. The second-order valence-corrected chi connectivity index (χ2v) is 37.5. The minimum Gasteiger partial charge on any atom is -0.469 e. The van der Waals surface area contributed by atoms with Crippen molar-refractivity contribution in [1.82, 2.24) is 0 Å². The van der Waals surface area contributed by atoms with Crippen molar-refractivity contribution in [3.05, 3.63) is 319 Å². The molecule has 0 heterocycles. The Morgan fingerprint density at radius 2 is 0.543 bits per heavy atom. The molecular formula is C122H168O18. The van der Waals surface area contributed by atoms with Crippen LogP contribution in [0.5, 0.6) is 34.5 Å². The molecular weight excluding hydrogens is 1750 g/mol. The zero-order chi connectivity index (χ0) is 106. The van der Waals surface area contributed by atoms with Gasteiger partial charge in [0.05, 0.1) is 53.0 Å². The van der Waals surface area contributed by atoms with Crippen LogP contribution >= 0.6 is 0 Å². The third-order valence-corrected chi connectivity index (χ3v) is 24.1. The van der Waals surface area contributed by atoms with Gasteiger partial charge in [0.25, 0.3) is 0 Å². The summed E-state index contributed by atoms with van der Waals surface area (Å²) in [5.41, 5.74) is 6.96. The average molecular weight is 1920 g/mol. The van der Waals surface area contributed by atoms with Gasteiger partial charge < -0.3 is 42.6 Å². The van der Waals surface area contributed by atoms with Gasteiger partial charge in [-0.05, 0) is 309 Å². The fraction of sp³-hybridized carbons (Fsp3) is 0.434. The number of methoxy groups -OCH3 is 1. The highest BCUT2D eigenvalue weighted by Crippen LogP contribution is 2.31. The van der Waals surface area contributed by atoms with Crippen molar-refractivity contribution in [2.24, 2.45) is 27.1 Å². The molecule has 9 aromatic carbocycles. The number of carbonyl (C=O) groups excluding carboxylic acids is 9. The lowest BCUT2D eigenvalue weighted by Crippen LogP contribution is -2.28. The molecule has 5 unspecified atom stereocenters. The van der Waals surface area contributed by atoms with Crippen molar-refractivity contribution in [3.63, 3.8) is 0 Å². The maximum Gasteiger partial charge on any atom is 0.343 e. The number of hydrogen-bond acceptors (Lipinski definition) is 18. The van der Waals surface area contributed by atoms with Crippen molar-refractivity contribution in [2.75, 3.05) is 20.3 Å². The lowest BCUT2D eigenvalue weighted by Gasteiger charge is -2.20. The molecule has 0 aromatic heterocycles. The molecule has 0 saturated heterocycles. The van der Waals surface area contributed by atoms with Crippen molar-refractivity contribution < 1.29 is 85.8 Å². The summed E-state index contributed by atoms with van der Waals surface area (Å²) >= 11 is 0. The topological polar surface area (TPSA) is 237 Å². The Morgan fingerprint density at radius 1 is 0.300 bits per heavy atom. The van der Waals surface area contributed by atoms with Gasteiger partial charge in [-0.15, -0.1) is 0 Å². The Morgan fingerprint density at radius 3 is 0.786 bits per heavy atom. The first kappa shape index (κ1) is 127. The van der Waals surface area contributed by atoms with Crippen LogP contribution in [-0.4, -0.2) is 74.0 Å². The van der Waals surface area contributed by atoms with Crippen molar-refractivity contribution in [3.8, 4) is 34.5 Å². The van der Waals surface area contributed by atoms with Crippen molar-refractivity contribution >= 4 is 59.8 Å². The van der Waals surface area contributed by atoms with Crippen LogP contribution in [0.2, 0.25) is 0 Å². The van der Waals surface area contributed by atoms with E-state index in [9.17, 15) is 43.2 Å². The zero-order valence-electron chi connectivity index (χ0n) is 90.0. The van der Waals surface area contributed by atoms with Crippen LogP contribution in [0, 0.1) is 27.1 Å². The summed E-state index contributed by atoms with van der Waals surface area (Å²) in [6.45, 7) is 66.8. The molecule has 18 heteroatoms. The van der Waals surface area contributed by atoms with E-state index in [-0.39, 0.29) is 53.7 Å². The van der Waals surface area contributed by atoms with Crippen LogP contribution in [-0.2, 0) is 52.6 Å². The SMILES string of the molecule is C=C(C)C(=O)OCCCC(=O)Oc1ccc(OC(=O)C(C)(C)CC)cc1.C=C(C)C(=O)Oc1ccc(OC(=O)C(C)(C)CC)cc1.C=Cc1ccc(OC(=O)c2ccc(OC(=O)C(C)(C)CC)cc2)cc1.CCC(C)(C)C(=O)OC.CCC(C)c1ccccc1.CCC(C)c1ccccc1.CCC(C)c1ccccc1.CCC(C)c1ccccc1.CCC(C)c1ccccc1.CCOC(=O)C(C)(C)CC. The summed E-state index contributed by atoms with van der Waals surface area (Å²) in [6.07, 6.45) is 12.0. The maximum atomic E-state index is 12.2. The number of esters is 9. The smallest absolute Gasteiger partial charge is 0.343 e. The summed E-state index contributed by atoms with van der Waals surface area (Å²) < 4.78 is 45.8. The minimum atomic E-state index is -0.557. The molecule has 0 amide bonds. The zero-order valence-corrected chi connectivity index (χ0v) is 90.0. The summed E-state index contributed by atoms with van der Waals surface area (Å²) in [7, 11) is 1.42. The van der Waals surface area contributed by atoms with Crippen LogP contribution in [0.25, 0.3) is 6.08 Å². The Balaban J connectivity index is 0.00000158. The number of hydrogen-bond donors (Lipinski definition) is 0. The molecule has 0 radical (unpaired) electrons. The molecule has 0 spiro atoms. The van der Waals surface area contributed by atoms with E-state index >= 15 is 0 Å². The highest BCUT2D eigenvalue weighted by Gasteiger charge is 2.31. The second-order valence-electron chi connectivity index (χ2n) is 37.5. The van der Waals surface area contributed by atoms with Gasteiger partial charge in [0, 0.05) is 17.6 Å². The minimum absolute atomic E-state index is 0.0995. The fourth-order valence-corrected chi connectivity index (χ4v) is 10.7. The van der Waals surface area contributed by atoms with E-state index in [0.717, 1.165) is 18.4 Å². The predicted molar refractivity (Wildman–Crippen MR) is 574 cm³/mol. The van der Waals surface area contributed by atoms with E-state index in [1.54, 1.807) is 105 Å². The molecule has 5 atom stereocenters. The molecule has 0 aliphatic heterocycles. The fourth-order valence-electron chi connectivity index (χ4n) is 10.7. The first-order valence-corrected chi connectivity index (χ1v) is 49.4. The van der Waals surface area contributed by atoms with Gasteiger partial charge in [0.15, 0.2) is 0 Å². The number of rotatable bonds is 35. The molecule has 9 aromatic rings. The van der Waals surface area contributed by atoms with Gasteiger partial charge in [-0.25, -0.2) is 14.4 Å². The summed E-state index contributed by atoms with van der Waals surface area (Å²) in [5.74, 6) is 2.95. The van der Waals surface area contributed by atoms with Gasteiger partial charge in [-0.1, -0.05) is 293 Å². The quantitative estimate of drug-likeness (QED) is 0.0118. The highest BCUT2D eigenvalue weighted by atomic mass is 16.6. The molecule has 0 saturated carbocycles. The molecule has 0 N–H and O–H groups in total. The molecule has 0 bridgehead atoms. The molecule has 140 heavy (non-hydrogen) atoms. The van der Waals surface area contributed by atoms with E-state index < -0.39 is 40.1 Å². The third-order valence-electron chi connectivity index (χ3n) is 24.1. The average Bonchev–Trinajstić information content (AvgIpc) is 0.854. The van der Waals surface area contributed by atoms with Gasteiger partial charge in [-0.2, -0.15) is 0 Å². The predicted octanol–water partition coefficient (Wildman–Crippen LogP) is 31.8. The molecule has 9 rings (SSSR count). The van der Waals surface area contributed by atoms with Gasteiger partial charge in [0.1, 0.15) is 34.5 Å². The first-order chi connectivity index (χ1) is 66.1. The van der Waals surface area contributed by atoms with E-state index in [1.807, 2.05) is 123 Å². The monoisotopic (exact) mass is 1920 g/mol. The van der Waals surface area contributed by atoms with E-state index in [4.69, 9.17) is 37.9 Å². The Labute approximate surface area is 841 Å². The van der Waals surface area contributed by atoms with Crippen molar-refractivity contribution in [1.29, 1.82) is 0 Å². The molecule has 0 fully saturated rings. The Kier molecular flexibility index (Phi) is 63.1. The number of carbonyl (C=O) groups is 9. The summed E-state index contributed by atoms with van der Waals surface area (Å²) in [6, 6.07) is 79.1. The molecule has 0 aliphatic carbocycles. The largest absolute Gasteiger partial charge is 0.469 e. The van der Waals surface area contributed by atoms with Crippen LogP contribution in [0.15, 0.2) is 280 Å². The first-order valence-electron chi connectivity index (χ1n) is 49.4. The van der Waals surface area contributed by atoms with Gasteiger partial charge in [-0.3, -0.25) is 28.8 Å². The maximum absolute atomic E-state index is 12.2. The van der Waals surface area contributed by atoms with Gasteiger partial charge >= 0.3 is 53.7 Å². The number of benzene rings is 9. The standard InChI is InChI=1S/C21H22O4.C20H26O6.C16H20O4.5C10H14.C8H16O2.C7H14O2/c1-5-15-7-11-17(12-8-15)24-19(22)16-9-13-18(14-10-16)25-20(23)21(3,4)6-2;1-6-20(4,5)19(23)26-16-11-9-15(10-12-16)25-17(21)8-7-13-24-18(22)14(2)3;1-6-16(4,5)15(18)20-13-9-7-12(8-10-13)19-14(17)11(2)3;5*1-3-9(2)10-7-5-4-6-8-10;1-5-8(3,4)7(9)10-6-2;1-5-7(2,3)6(8)9-4/h5,7-14H,1,6H2,2-4H3;9-12H,2,6-8,13H2,1,3-5H3;7-10H,2,6H2,1,3-5H3;5*4-9H,3H2,1-2H3;5-6H2,1-4H3;5H2,1-4H3. The Hall–Kier alpha value is -12.6. The summed E-state index contributed by atoms with van der Waals surface area (Å²) in [4.78, 5) is 104. The van der Waals surface area contributed by atoms with Crippen molar-refractivity contribution in [2.45, 2.75) is 301 Å². The second kappa shape index (κ2) is 69.3. The molecule has 18 nitrogen and oxygen atoms in total. The Bertz CT molecular complexity index is 4750. The normalized spacial score (nSPS) is 11.6. The number of ether oxygens (including phenoxy) is 9. The van der Waals surface area contributed by atoms with E-state index in [1.165, 1.54) is 67.0 Å². The van der Waals surface area contributed by atoms with Gasteiger partial charge in [0.2, 0.25) is 0 Å².